The van der Waals surface area contributed by atoms with Gasteiger partial charge in [-0.25, -0.2) is 5.01 Å². The zero-order valence-corrected chi connectivity index (χ0v) is 14.0. The molecule has 1 saturated heterocycles. The maximum Gasteiger partial charge on any atom is 0.409 e. The fourth-order valence-electron chi connectivity index (χ4n) is 3.12. The van der Waals surface area contributed by atoms with Crippen LogP contribution in [0.1, 0.15) is 25.5 Å². The van der Waals surface area contributed by atoms with E-state index in [4.69, 9.17) is 0 Å². The number of hydrogen-bond acceptors (Lipinski definition) is 4. The number of non-ortho nitro benzene ring substituents is 1. The first-order valence-electron chi connectivity index (χ1n) is 7.82. The third-order valence-electron chi connectivity index (χ3n) is 4.44. The molecule has 3 rings (SSSR count). The number of halogens is 3. The van der Waals surface area contributed by atoms with Crippen molar-refractivity contribution in [3.63, 3.8) is 0 Å². The monoisotopic (exact) mass is 367 g/mol. The smallest absolute Gasteiger partial charge is 0.287 e. The van der Waals surface area contributed by atoms with Gasteiger partial charge < -0.3 is 0 Å². The number of nitro benzene ring substituents is 1. The van der Waals surface area contributed by atoms with Crippen LogP contribution in [-0.2, 0) is 4.79 Å². The lowest BCUT2D eigenvalue weighted by Gasteiger charge is -2.30. The molecular weight excluding hydrogens is 351 g/mol. The van der Waals surface area contributed by atoms with Crippen LogP contribution in [0, 0.1) is 15.5 Å². The SMILES string of the molecule is CC1(C)CN(C(c2ccc3cccc([N+](=O)[O-])c3c2)C(F)(F)F)NC1=O. The number of carbonyl (C=O) groups is 1. The minimum atomic E-state index is -4.68. The highest BCUT2D eigenvalue weighted by molar-refractivity contribution is 5.91. The zero-order valence-electron chi connectivity index (χ0n) is 14.0. The molecule has 2 aromatic rings. The lowest BCUT2D eigenvalue weighted by Crippen LogP contribution is -2.43. The quantitative estimate of drug-likeness (QED) is 0.663. The van der Waals surface area contributed by atoms with Crippen LogP contribution in [-0.4, -0.2) is 28.6 Å². The molecule has 1 fully saturated rings. The van der Waals surface area contributed by atoms with Crippen molar-refractivity contribution in [3.05, 3.63) is 52.1 Å². The first-order valence-corrected chi connectivity index (χ1v) is 7.82. The van der Waals surface area contributed by atoms with Crippen molar-refractivity contribution in [2.75, 3.05) is 6.54 Å². The summed E-state index contributed by atoms with van der Waals surface area (Å²) in [7, 11) is 0. The fourth-order valence-corrected chi connectivity index (χ4v) is 3.12. The molecule has 1 N–H and O–H groups in total. The summed E-state index contributed by atoms with van der Waals surface area (Å²) >= 11 is 0. The van der Waals surface area contributed by atoms with Crippen molar-refractivity contribution >= 4 is 22.4 Å². The van der Waals surface area contributed by atoms with E-state index in [1.54, 1.807) is 19.9 Å². The van der Waals surface area contributed by atoms with Gasteiger partial charge in [-0.3, -0.25) is 20.3 Å². The summed E-state index contributed by atoms with van der Waals surface area (Å²) in [6.45, 7) is 2.98. The highest BCUT2D eigenvalue weighted by atomic mass is 19.4. The van der Waals surface area contributed by atoms with E-state index < -0.39 is 28.5 Å². The largest absolute Gasteiger partial charge is 0.409 e. The molecule has 0 radical (unpaired) electrons. The van der Waals surface area contributed by atoms with Gasteiger partial charge in [0.15, 0.2) is 0 Å². The van der Waals surface area contributed by atoms with Gasteiger partial charge in [0.2, 0.25) is 5.91 Å². The Morgan fingerprint density at radius 2 is 1.96 bits per heavy atom. The van der Waals surface area contributed by atoms with Gasteiger partial charge in [-0.15, -0.1) is 0 Å². The van der Waals surface area contributed by atoms with Gasteiger partial charge in [0.05, 0.1) is 15.7 Å². The van der Waals surface area contributed by atoms with Crippen molar-refractivity contribution in [2.45, 2.75) is 26.1 Å². The van der Waals surface area contributed by atoms with Crippen LogP contribution in [0.3, 0.4) is 0 Å². The first-order chi connectivity index (χ1) is 12.0. The van der Waals surface area contributed by atoms with Crippen LogP contribution in [0.2, 0.25) is 0 Å². The molecule has 1 atom stereocenters. The van der Waals surface area contributed by atoms with Crippen molar-refractivity contribution in [1.29, 1.82) is 0 Å². The third-order valence-corrected chi connectivity index (χ3v) is 4.44. The molecule has 1 heterocycles. The van der Waals surface area contributed by atoms with E-state index in [-0.39, 0.29) is 23.2 Å². The predicted molar refractivity (Wildman–Crippen MR) is 88.0 cm³/mol. The summed E-state index contributed by atoms with van der Waals surface area (Å²) in [5.74, 6) is -0.501. The minimum absolute atomic E-state index is 0.119. The Balaban J connectivity index is 2.12. The molecule has 138 valence electrons. The number of carbonyl (C=O) groups excluding carboxylic acids is 1. The molecule has 6 nitrogen and oxygen atoms in total. The normalized spacial score (nSPS) is 18.7. The maximum absolute atomic E-state index is 13.8. The van der Waals surface area contributed by atoms with E-state index in [1.807, 2.05) is 0 Å². The number of hydrazine groups is 1. The molecule has 1 aliphatic rings. The first kappa shape index (κ1) is 18.1. The van der Waals surface area contributed by atoms with Gasteiger partial charge in [0.25, 0.3) is 5.69 Å². The van der Waals surface area contributed by atoms with Crippen molar-refractivity contribution < 1.29 is 22.9 Å². The Hall–Kier alpha value is -2.68. The number of alkyl halides is 3. The van der Waals surface area contributed by atoms with Crippen LogP contribution in [0.5, 0.6) is 0 Å². The van der Waals surface area contributed by atoms with E-state index >= 15 is 0 Å². The Kier molecular flexibility index (Phi) is 4.14. The molecule has 0 aliphatic carbocycles. The second-order valence-electron chi connectivity index (χ2n) is 6.91. The van der Waals surface area contributed by atoms with Gasteiger partial charge in [-0.2, -0.15) is 13.2 Å². The van der Waals surface area contributed by atoms with E-state index in [1.165, 1.54) is 30.3 Å². The van der Waals surface area contributed by atoms with Crippen LogP contribution in [0.15, 0.2) is 36.4 Å². The third kappa shape index (κ3) is 3.10. The highest BCUT2D eigenvalue weighted by Gasteiger charge is 2.51. The van der Waals surface area contributed by atoms with Crippen LogP contribution < -0.4 is 5.43 Å². The molecule has 2 aromatic carbocycles. The standard InChI is InChI=1S/C17H16F3N3O3/c1-16(2)9-22(21-15(16)24)14(17(18,19)20)11-7-6-10-4-3-5-13(23(25)26)12(10)8-11/h3-8,14H,9H2,1-2H3,(H,21,24). The van der Waals surface area contributed by atoms with E-state index in [0.29, 0.717) is 5.39 Å². The van der Waals surface area contributed by atoms with E-state index in [2.05, 4.69) is 5.43 Å². The Morgan fingerprint density at radius 1 is 1.27 bits per heavy atom. The van der Waals surface area contributed by atoms with Crippen LogP contribution >= 0.6 is 0 Å². The summed E-state index contributed by atoms with van der Waals surface area (Å²) < 4.78 is 41.3. The summed E-state index contributed by atoms with van der Waals surface area (Å²) in [5.41, 5.74) is 0.873. The Labute approximate surface area is 146 Å². The molecule has 1 unspecified atom stereocenters. The number of rotatable bonds is 3. The molecule has 0 bridgehead atoms. The van der Waals surface area contributed by atoms with Crippen molar-refractivity contribution in [3.8, 4) is 0 Å². The van der Waals surface area contributed by atoms with E-state index in [0.717, 1.165) is 5.01 Å². The molecule has 0 spiro atoms. The zero-order chi connectivity index (χ0) is 19.3. The number of nitrogens with zero attached hydrogens (tertiary/aromatic N) is 2. The van der Waals surface area contributed by atoms with Gasteiger partial charge >= 0.3 is 6.18 Å². The van der Waals surface area contributed by atoms with Crippen molar-refractivity contribution in [2.24, 2.45) is 5.41 Å². The van der Waals surface area contributed by atoms with Gasteiger partial charge in [0, 0.05) is 12.6 Å². The summed E-state index contributed by atoms with van der Waals surface area (Å²) in [5, 5.41) is 12.6. The van der Waals surface area contributed by atoms with Crippen molar-refractivity contribution in [1.82, 2.24) is 10.4 Å². The Morgan fingerprint density at radius 3 is 2.50 bits per heavy atom. The minimum Gasteiger partial charge on any atom is -0.287 e. The number of fused-ring (bicyclic) bond motifs is 1. The number of benzene rings is 2. The predicted octanol–water partition coefficient (Wildman–Crippen LogP) is 3.72. The second-order valence-corrected chi connectivity index (χ2v) is 6.91. The molecule has 9 heteroatoms. The van der Waals surface area contributed by atoms with Crippen LogP contribution in [0.4, 0.5) is 18.9 Å². The number of nitrogens with one attached hydrogen (secondary N) is 1. The van der Waals surface area contributed by atoms with E-state index in [9.17, 15) is 28.1 Å². The van der Waals surface area contributed by atoms with Crippen LogP contribution in [0.25, 0.3) is 10.8 Å². The van der Waals surface area contributed by atoms with Gasteiger partial charge in [0.1, 0.15) is 6.04 Å². The average Bonchev–Trinajstić information content (AvgIpc) is 2.78. The molecule has 1 aliphatic heterocycles. The second kappa shape index (κ2) is 5.94. The van der Waals surface area contributed by atoms with Gasteiger partial charge in [-0.1, -0.05) is 24.3 Å². The summed E-state index contributed by atoms with van der Waals surface area (Å²) in [6, 6.07) is 6.08. The fraction of sp³-hybridized carbons (Fsp3) is 0.353. The van der Waals surface area contributed by atoms with Gasteiger partial charge in [-0.05, 0) is 30.9 Å². The topological polar surface area (TPSA) is 75.5 Å². The number of nitro groups is 1. The highest BCUT2D eigenvalue weighted by Crippen LogP contribution is 2.41. The molecule has 1 amide bonds. The summed E-state index contributed by atoms with van der Waals surface area (Å²) in [6.07, 6.45) is -4.68. The summed E-state index contributed by atoms with van der Waals surface area (Å²) in [4.78, 5) is 22.5. The maximum atomic E-state index is 13.8. The lowest BCUT2D eigenvalue weighted by molar-refractivity contribution is -0.383. The average molecular weight is 367 g/mol. The number of hydrogen-bond donors (Lipinski definition) is 1. The molecule has 26 heavy (non-hydrogen) atoms. The molecule has 0 saturated carbocycles. The molecule has 0 aromatic heterocycles. The number of amides is 1. The lowest BCUT2D eigenvalue weighted by atomic mass is 9.93. The Bertz CT molecular complexity index is 896. The molecular formula is C17H16F3N3O3.